The number of aryl methyl sites for hydroxylation is 2. The van der Waals surface area contributed by atoms with Gasteiger partial charge in [0.2, 0.25) is 10.0 Å². The van der Waals surface area contributed by atoms with Crippen molar-refractivity contribution in [2.45, 2.75) is 32.2 Å². The molecule has 0 aliphatic rings. The molecule has 0 saturated carbocycles. The minimum Gasteiger partial charge on any atom is -0.343 e. The van der Waals surface area contributed by atoms with Crippen molar-refractivity contribution in [3.05, 3.63) is 69.2 Å². The SMILES string of the molecule is Cc1ccc(NC(=O)c2cc(C)n(Cc3cccs3)c2C)cc1S(N)(=O)=O. The van der Waals surface area contributed by atoms with E-state index in [1.807, 2.05) is 31.4 Å². The molecule has 3 aromatic rings. The van der Waals surface area contributed by atoms with Crippen LogP contribution in [0.2, 0.25) is 0 Å². The summed E-state index contributed by atoms with van der Waals surface area (Å²) >= 11 is 1.67. The summed E-state index contributed by atoms with van der Waals surface area (Å²) in [5.41, 5.74) is 3.32. The molecule has 0 bridgehead atoms. The highest BCUT2D eigenvalue weighted by Crippen LogP contribution is 2.22. The number of hydrogen-bond donors (Lipinski definition) is 2. The smallest absolute Gasteiger partial charge is 0.257 e. The van der Waals surface area contributed by atoms with E-state index in [1.54, 1.807) is 30.4 Å². The summed E-state index contributed by atoms with van der Waals surface area (Å²) in [6.07, 6.45) is 0. The molecule has 0 aliphatic carbocycles. The van der Waals surface area contributed by atoms with E-state index in [0.717, 1.165) is 11.4 Å². The molecule has 0 aliphatic heterocycles. The van der Waals surface area contributed by atoms with Crippen LogP contribution < -0.4 is 10.5 Å². The van der Waals surface area contributed by atoms with Crippen LogP contribution in [0.25, 0.3) is 0 Å². The molecule has 0 spiro atoms. The number of carbonyl (C=O) groups is 1. The Morgan fingerprint density at radius 3 is 2.56 bits per heavy atom. The van der Waals surface area contributed by atoms with Gasteiger partial charge < -0.3 is 9.88 Å². The standard InChI is InChI=1S/C19H21N3O3S2/c1-12-6-7-15(10-18(12)27(20,24)25)21-19(23)17-9-13(2)22(14(17)3)11-16-5-4-8-26-16/h4-10H,11H2,1-3H3,(H,21,23)(H2,20,24,25). The molecule has 2 aromatic heterocycles. The number of sulfonamides is 1. The molecule has 2 heterocycles. The van der Waals surface area contributed by atoms with Gasteiger partial charge in [-0.1, -0.05) is 12.1 Å². The van der Waals surface area contributed by atoms with Crippen LogP contribution >= 0.6 is 11.3 Å². The number of amides is 1. The highest BCUT2D eigenvalue weighted by atomic mass is 32.2. The Labute approximate surface area is 162 Å². The minimum absolute atomic E-state index is 0.00321. The normalized spacial score (nSPS) is 11.6. The maximum atomic E-state index is 12.7. The van der Waals surface area contributed by atoms with Crippen LogP contribution in [0.4, 0.5) is 5.69 Å². The number of hydrogen-bond acceptors (Lipinski definition) is 4. The molecule has 6 nitrogen and oxygen atoms in total. The van der Waals surface area contributed by atoms with Gasteiger partial charge in [-0.05, 0) is 56.0 Å². The molecule has 1 aromatic carbocycles. The lowest BCUT2D eigenvalue weighted by atomic mass is 10.2. The highest BCUT2D eigenvalue weighted by molar-refractivity contribution is 7.89. The summed E-state index contributed by atoms with van der Waals surface area (Å²) in [4.78, 5) is 14.0. The zero-order valence-electron chi connectivity index (χ0n) is 15.3. The third-order valence-corrected chi connectivity index (χ3v) is 6.38. The highest BCUT2D eigenvalue weighted by Gasteiger charge is 2.18. The zero-order chi connectivity index (χ0) is 19.8. The third kappa shape index (κ3) is 4.13. The molecule has 0 saturated heterocycles. The average molecular weight is 404 g/mol. The van der Waals surface area contributed by atoms with Gasteiger partial charge in [0.05, 0.1) is 17.0 Å². The first-order valence-electron chi connectivity index (χ1n) is 8.30. The van der Waals surface area contributed by atoms with Crippen molar-refractivity contribution in [3.8, 4) is 0 Å². The van der Waals surface area contributed by atoms with Gasteiger partial charge in [0.25, 0.3) is 5.91 Å². The molecule has 3 rings (SSSR count). The number of nitrogens with zero attached hydrogens (tertiary/aromatic N) is 1. The van der Waals surface area contributed by atoms with E-state index < -0.39 is 10.0 Å². The summed E-state index contributed by atoms with van der Waals surface area (Å²) in [5.74, 6) is -0.287. The quantitative estimate of drug-likeness (QED) is 0.683. The van der Waals surface area contributed by atoms with Crippen LogP contribution in [-0.4, -0.2) is 18.9 Å². The molecular formula is C19H21N3O3S2. The topological polar surface area (TPSA) is 94.2 Å². The fourth-order valence-corrected chi connectivity index (χ4v) is 4.52. The van der Waals surface area contributed by atoms with Crippen molar-refractivity contribution >= 4 is 33.0 Å². The second kappa shape index (κ2) is 7.30. The van der Waals surface area contributed by atoms with Crippen LogP contribution in [0.5, 0.6) is 0 Å². The van der Waals surface area contributed by atoms with E-state index in [9.17, 15) is 13.2 Å². The van der Waals surface area contributed by atoms with E-state index in [4.69, 9.17) is 5.14 Å². The summed E-state index contributed by atoms with van der Waals surface area (Å²) in [5, 5.41) is 10.0. The second-order valence-corrected chi connectivity index (χ2v) is 8.99. The lowest BCUT2D eigenvalue weighted by Gasteiger charge is -2.10. The molecule has 0 atom stereocenters. The lowest BCUT2D eigenvalue weighted by molar-refractivity contribution is 0.102. The van der Waals surface area contributed by atoms with E-state index >= 15 is 0 Å². The Morgan fingerprint density at radius 2 is 1.93 bits per heavy atom. The molecule has 8 heteroatoms. The third-order valence-electron chi connectivity index (χ3n) is 4.46. The Morgan fingerprint density at radius 1 is 1.19 bits per heavy atom. The van der Waals surface area contributed by atoms with Gasteiger partial charge in [-0.2, -0.15) is 0 Å². The molecule has 1 amide bonds. The number of nitrogens with one attached hydrogen (secondary N) is 1. The Hall–Kier alpha value is -2.42. The largest absolute Gasteiger partial charge is 0.343 e. The summed E-state index contributed by atoms with van der Waals surface area (Å²) in [6.45, 7) is 6.23. The van der Waals surface area contributed by atoms with Crippen molar-refractivity contribution in [2.24, 2.45) is 5.14 Å². The monoisotopic (exact) mass is 403 g/mol. The first-order valence-corrected chi connectivity index (χ1v) is 10.7. The predicted molar refractivity (Wildman–Crippen MR) is 108 cm³/mol. The molecule has 0 unspecified atom stereocenters. The maximum absolute atomic E-state index is 12.7. The van der Waals surface area contributed by atoms with Crippen molar-refractivity contribution in [1.29, 1.82) is 0 Å². The van der Waals surface area contributed by atoms with Gasteiger partial charge in [-0.15, -0.1) is 11.3 Å². The van der Waals surface area contributed by atoms with Gasteiger partial charge in [-0.3, -0.25) is 4.79 Å². The Balaban J connectivity index is 1.87. The number of rotatable bonds is 5. The summed E-state index contributed by atoms with van der Waals surface area (Å²) < 4.78 is 25.4. The number of anilines is 1. The van der Waals surface area contributed by atoms with Crippen LogP contribution in [0, 0.1) is 20.8 Å². The number of thiophene rings is 1. The van der Waals surface area contributed by atoms with Crippen LogP contribution in [0.3, 0.4) is 0 Å². The molecule has 0 radical (unpaired) electrons. The van der Waals surface area contributed by atoms with Gasteiger partial charge in [-0.25, -0.2) is 13.6 Å². The van der Waals surface area contributed by atoms with E-state index in [2.05, 4.69) is 16.0 Å². The van der Waals surface area contributed by atoms with Crippen LogP contribution in [0.15, 0.2) is 46.7 Å². The number of nitrogens with two attached hydrogens (primary N) is 1. The fraction of sp³-hybridized carbons (Fsp3) is 0.211. The maximum Gasteiger partial charge on any atom is 0.257 e. The van der Waals surface area contributed by atoms with Gasteiger partial charge >= 0.3 is 0 Å². The van der Waals surface area contributed by atoms with E-state index in [1.165, 1.54) is 10.9 Å². The van der Waals surface area contributed by atoms with Crippen molar-refractivity contribution in [3.63, 3.8) is 0 Å². The number of primary sulfonamides is 1. The molecule has 3 N–H and O–H groups in total. The second-order valence-electron chi connectivity index (χ2n) is 6.43. The molecule has 0 fully saturated rings. The first kappa shape index (κ1) is 19.3. The molecule has 27 heavy (non-hydrogen) atoms. The summed E-state index contributed by atoms with van der Waals surface area (Å²) in [7, 11) is -3.85. The van der Waals surface area contributed by atoms with Crippen LogP contribution in [0.1, 0.15) is 32.2 Å². The van der Waals surface area contributed by atoms with E-state index in [-0.39, 0.29) is 10.8 Å². The summed E-state index contributed by atoms with van der Waals surface area (Å²) in [6, 6.07) is 10.6. The lowest BCUT2D eigenvalue weighted by Crippen LogP contribution is -2.16. The Kier molecular flexibility index (Phi) is 5.23. The van der Waals surface area contributed by atoms with Gasteiger partial charge in [0, 0.05) is 22.0 Å². The Bertz CT molecular complexity index is 1100. The minimum atomic E-state index is -3.85. The first-order chi connectivity index (χ1) is 12.7. The molecule has 142 valence electrons. The van der Waals surface area contributed by atoms with Gasteiger partial charge in [0.1, 0.15) is 0 Å². The predicted octanol–water partition coefficient (Wildman–Crippen LogP) is 3.42. The van der Waals surface area contributed by atoms with Crippen molar-refractivity contribution in [2.75, 3.05) is 5.32 Å². The van der Waals surface area contributed by atoms with E-state index in [0.29, 0.717) is 23.4 Å². The van der Waals surface area contributed by atoms with Crippen molar-refractivity contribution < 1.29 is 13.2 Å². The van der Waals surface area contributed by atoms with Crippen LogP contribution in [-0.2, 0) is 16.6 Å². The number of carbonyl (C=O) groups excluding carboxylic acids is 1. The average Bonchev–Trinajstić information content (AvgIpc) is 3.19. The molecular weight excluding hydrogens is 382 g/mol. The zero-order valence-corrected chi connectivity index (χ0v) is 16.9. The van der Waals surface area contributed by atoms with Crippen molar-refractivity contribution in [1.82, 2.24) is 4.57 Å². The fourth-order valence-electron chi connectivity index (χ4n) is 3.02. The number of aromatic nitrogens is 1. The van der Waals surface area contributed by atoms with Gasteiger partial charge in [0.15, 0.2) is 0 Å². The number of benzene rings is 1.